The van der Waals surface area contributed by atoms with Crippen LogP contribution in [0.25, 0.3) is 0 Å². The van der Waals surface area contributed by atoms with Gasteiger partial charge in [0.1, 0.15) is 10.7 Å². The fourth-order valence-electron chi connectivity index (χ4n) is 0.203. The molecule has 0 rings (SSSR count). The predicted molar refractivity (Wildman–Crippen MR) is 25.8 cm³/mol. The molecular weight excluding hydrogens is 138 g/mol. The summed E-state index contributed by atoms with van der Waals surface area (Å²) in [5, 5.41) is 0. The number of rotatable bonds is 3. The molecular formula is C3H6F2O2S. The fourth-order valence-corrected chi connectivity index (χ4v) is 0.609. The second-order valence-corrected chi connectivity index (χ2v) is 2.35. The van der Waals surface area contributed by atoms with Crippen LogP contribution in [-0.4, -0.2) is 20.6 Å². The van der Waals surface area contributed by atoms with Crippen LogP contribution in [0, 0.1) is 0 Å². The normalized spacial score (nSPS) is 11.0. The van der Waals surface area contributed by atoms with Crippen molar-refractivity contribution in [3.8, 4) is 0 Å². The van der Waals surface area contributed by atoms with E-state index in [2.05, 4.69) is 0 Å². The standard InChI is InChI=1S/C3H6F2O2S/c4-3(5)1-2-8(6)7/h3,8H,1-2H2. The average Bonchev–Trinajstić information content (AvgIpc) is 1.61. The molecule has 50 valence electrons. The molecule has 0 heterocycles. The zero-order valence-electron chi connectivity index (χ0n) is 4.01. The lowest BCUT2D eigenvalue weighted by molar-refractivity contribution is 0.145. The first-order valence-corrected chi connectivity index (χ1v) is 3.39. The summed E-state index contributed by atoms with van der Waals surface area (Å²) in [6.07, 6.45) is -3.04. The molecule has 0 N–H and O–H groups in total. The molecule has 0 unspecified atom stereocenters. The maximum atomic E-state index is 11.1. The highest BCUT2D eigenvalue weighted by Crippen LogP contribution is 1.96. The highest BCUT2D eigenvalue weighted by molar-refractivity contribution is 7.72. The first-order valence-electron chi connectivity index (χ1n) is 2.03. The molecule has 0 spiro atoms. The molecule has 2 nitrogen and oxygen atoms in total. The predicted octanol–water partition coefficient (Wildman–Crippen LogP) is 0.253. The molecule has 0 amide bonds. The molecule has 0 aromatic heterocycles. The summed E-state index contributed by atoms with van der Waals surface area (Å²) >= 11 is 0. The van der Waals surface area contributed by atoms with E-state index in [0.717, 1.165) is 0 Å². The van der Waals surface area contributed by atoms with E-state index in [1.807, 2.05) is 0 Å². The Morgan fingerprint density at radius 1 is 1.38 bits per heavy atom. The largest absolute Gasteiger partial charge is 0.239 e. The Morgan fingerprint density at radius 3 is 2.00 bits per heavy atom. The van der Waals surface area contributed by atoms with Gasteiger partial charge >= 0.3 is 0 Å². The number of alkyl halides is 2. The van der Waals surface area contributed by atoms with Gasteiger partial charge in [-0.1, -0.05) is 0 Å². The summed E-state index contributed by atoms with van der Waals surface area (Å²) in [5.41, 5.74) is 0. The Labute approximate surface area is 47.5 Å². The van der Waals surface area contributed by atoms with Crippen molar-refractivity contribution < 1.29 is 17.2 Å². The van der Waals surface area contributed by atoms with E-state index in [4.69, 9.17) is 0 Å². The van der Waals surface area contributed by atoms with Gasteiger partial charge in [-0.05, 0) is 0 Å². The molecule has 0 aliphatic carbocycles. The Balaban J connectivity index is 3.18. The van der Waals surface area contributed by atoms with Crippen LogP contribution in [0.1, 0.15) is 6.42 Å². The Bertz CT molecular complexity index is 112. The number of thiol groups is 1. The minimum Gasteiger partial charge on any atom is -0.232 e. The Hall–Kier alpha value is -0.190. The first kappa shape index (κ1) is 7.81. The molecule has 0 radical (unpaired) electrons. The molecule has 5 heteroatoms. The van der Waals surface area contributed by atoms with E-state index in [1.54, 1.807) is 0 Å². The van der Waals surface area contributed by atoms with E-state index in [0.29, 0.717) is 0 Å². The minimum absolute atomic E-state index is 0.410. The van der Waals surface area contributed by atoms with Crippen molar-refractivity contribution in [1.82, 2.24) is 0 Å². The van der Waals surface area contributed by atoms with Crippen LogP contribution in [0.2, 0.25) is 0 Å². The van der Waals surface area contributed by atoms with Gasteiger partial charge in [0.15, 0.2) is 0 Å². The first-order chi connectivity index (χ1) is 3.63. The van der Waals surface area contributed by atoms with E-state index >= 15 is 0 Å². The molecule has 0 bridgehead atoms. The van der Waals surface area contributed by atoms with E-state index in [-0.39, 0.29) is 0 Å². The summed E-state index contributed by atoms with van der Waals surface area (Å²) in [4.78, 5) is 0. The van der Waals surface area contributed by atoms with Crippen molar-refractivity contribution in [3.05, 3.63) is 0 Å². The van der Waals surface area contributed by atoms with Gasteiger partial charge in [0, 0.05) is 6.42 Å². The van der Waals surface area contributed by atoms with Crippen LogP contribution in [0.15, 0.2) is 0 Å². The maximum Gasteiger partial charge on any atom is 0.239 e. The van der Waals surface area contributed by atoms with Crippen molar-refractivity contribution in [2.75, 3.05) is 5.75 Å². The number of hydrogen-bond acceptors (Lipinski definition) is 2. The van der Waals surface area contributed by atoms with Gasteiger partial charge < -0.3 is 0 Å². The van der Waals surface area contributed by atoms with Gasteiger partial charge in [-0.15, -0.1) is 0 Å². The zero-order valence-corrected chi connectivity index (χ0v) is 4.91. The van der Waals surface area contributed by atoms with Crippen molar-refractivity contribution >= 4 is 10.7 Å². The summed E-state index contributed by atoms with van der Waals surface area (Å²) in [5.74, 6) is -0.410. The van der Waals surface area contributed by atoms with Gasteiger partial charge in [0.25, 0.3) is 0 Å². The highest BCUT2D eigenvalue weighted by Gasteiger charge is 2.00. The second-order valence-electron chi connectivity index (χ2n) is 1.24. The molecule has 0 atom stereocenters. The van der Waals surface area contributed by atoms with Crippen molar-refractivity contribution in [3.63, 3.8) is 0 Å². The third-order valence-corrected chi connectivity index (χ3v) is 1.15. The Kier molecular flexibility index (Phi) is 3.68. The third-order valence-electron chi connectivity index (χ3n) is 0.530. The van der Waals surface area contributed by atoms with Crippen LogP contribution in [-0.2, 0) is 10.7 Å². The van der Waals surface area contributed by atoms with Gasteiger partial charge in [-0.3, -0.25) is 0 Å². The average molecular weight is 144 g/mol. The van der Waals surface area contributed by atoms with Crippen molar-refractivity contribution in [2.24, 2.45) is 0 Å². The molecule has 0 saturated heterocycles. The maximum absolute atomic E-state index is 11.1. The van der Waals surface area contributed by atoms with Crippen LogP contribution < -0.4 is 0 Å². The molecule has 0 fully saturated rings. The smallest absolute Gasteiger partial charge is 0.232 e. The van der Waals surface area contributed by atoms with Crippen molar-refractivity contribution in [1.29, 1.82) is 0 Å². The Morgan fingerprint density at radius 2 is 1.88 bits per heavy atom. The van der Waals surface area contributed by atoms with Crippen LogP contribution in [0.3, 0.4) is 0 Å². The van der Waals surface area contributed by atoms with Gasteiger partial charge in [0.2, 0.25) is 6.43 Å². The number of hydrogen-bond donors (Lipinski definition) is 1. The van der Waals surface area contributed by atoms with Gasteiger partial charge in [-0.25, -0.2) is 17.2 Å². The molecule has 0 aliphatic heterocycles. The third kappa shape index (κ3) is 5.81. The summed E-state index contributed by atoms with van der Waals surface area (Å²) in [7, 11) is -2.61. The van der Waals surface area contributed by atoms with Crippen LogP contribution in [0.5, 0.6) is 0 Å². The van der Waals surface area contributed by atoms with E-state index in [9.17, 15) is 17.2 Å². The minimum atomic E-state index is -2.61. The van der Waals surface area contributed by atoms with Crippen LogP contribution >= 0.6 is 0 Å². The molecule has 0 saturated carbocycles. The quantitative estimate of drug-likeness (QED) is 0.576. The summed E-state index contributed by atoms with van der Waals surface area (Å²) in [6.45, 7) is 0. The topological polar surface area (TPSA) is 34.1 Å². The van der Waals surface area contributed by atoms with E-state index in [1.165, 1.54) is 0 Å². The molecule has 0 aliphatic rings. The van der Waals surface area contributed by atoms with Crippen LogP contribution in [0.4, 0.5) is 8.78 Å². The molecule has 0 aromatic carbocycles. The lowest BCUT2D eigenvalue weighted by atomic mass is 10.5. The monoisotopic (exact) mass is 144 g/mol. The van der Waals surface area contributed by atoms with E-state index < -0.39 is 29.3 Å². The number of halogens is 2. The van der Waals surface area contributed by atoms with Gasteiger partial charge in [0.05, 0.1) is 5.75 Å². The summed E-state index contributed by atoms with van der Waals surface area (Å²) < 4.78 is 41.5. The van der Waals surface area contributed by atoms with Gasteiger partial charge in [-0.2, -0.15) is 0 Å². The molecule has 0 aromatic rings. The lowest BCUT2D eigenvalue weighted by Gasteiger charge is -1.88. The lowest BCUT2D eigenvalue weighted by Crippen LogP contribution is -1.95. The highest BCUT2D eigenvalue weighted by atomic mass is 32.2. The second kappa shape index (κ2) is 3.77. The summed E-state index contributed by atoms with van der Waals surface area (Å²) in [6, 6.07) is 0. The zero-order chi connectivity index (χ0) is 6.57. The van der Waals surface area contributed by atoms with Crippen molar-refractivity contribution in [2.45, 2.75) is 12.8 Å². The molecule has 8 heavy (non-hydrogen) atoms. The fraction of sp³-hybridized carbons (Fsp3) is 1.00. The SMILES string of the molecule is O=[SH](=O)CCC(F)F.